The zero-order valence-electron chi connectivity index (χ0n) is 29.3. The normalized spacial score (nSPS) is 22.0. The number of hydrogen-bond acceptors (Lipinski definition) is 2. The summed E-state index contributed by atoms with van der Waals surface area (Å²) in [4.78, 5) is 2.75. The lowest BCUT2D eigenvalue weighted by atomic mass is 9.52. The van der Waals surface area contributed by atoms with E-state index >= 15 is 0 Å². The minimum Gasteiger partial charge on any atom is -0.455 e. The number of para-hydroxylation sites is 1. The smallest absolute Gasteiger partial charge is 0.143 e. The van der Waals surface area contributed by atoms with Gasteiger partial charge >= 0.3 is 0 Å². The molecule has 0 atom stereocenters. The third-order valence-corrected chi connectivity index (χ3v) is 12.7. The number of benzene rings is 7. The Bertz CT molecular complexity index is 2550. The molecule has 1 aromatic heterocycles. The summed E-state index contributed by atoms with van der Waals surface area (Å²) in [6, 6.07) is 57.7. The van der Waals surface area contributed by atoms with E-state index in [1.807, 2.05) is 0 Å². The van der Waals surface area contributed by atoms with Crippen LogP contribution in [-0.2, 0) is 0 Å². The lowest BCUT2D eigenvalue weighted by molar-refractivity contribution is 0.000557. The van der Waals surface area contributed by atoms with Gasteiger partial charge in [-0.1, -0.05) is 121 Å². The van der Waals surface area contributed by atoms with E-state index < -0.39 is 0 Å². The Hall–Kier alpha value is -5.60. The molecule has 2 nitrogen and oxygen atoms in total. The zero-order chi connectivity index (χ0) is 34.2. The fraction of sp³-hybridized carbons (Fsp3) is 0.200. The van der Waals surface area contributed by atoms with E-state index in [0.717, 1.165) is 45.6 Å². The highest BCUT2D eigenvalue weighted by atomic mass is 16.3. The maximum absolute atomic E-state index is 6.99. The highest BCUT2D eigenvalue weighted by Crippen LogP contribution is 2.60. The van der Waals surface area contributed by atoms with E-state index in [9.17, 15) is 0 Å². The van der Waals surface area contributed by atoms with Gasteiger partial charge in [0.25, 0.3) is 0 Å². The van der Waals surface area contributed by atoms with Crippen LogP contribution in [-0.4, -0.2) is 5.54 Å². The van der Waals surface area contributed by atoms with Crippen LogP contribution in [0.5, 0.6) is 0 Å². The second-order valence-corrected chi connectivity index (χ2v) is 15.9. The summed E-state index contributed by atoms with van der Waals surface area (Å²) < 4.78 is 6.99. The average Bonchev–Trinajstić information content (AvgIpc) is 3.60. The van der Waals surface area contributed by atoms with E-state index in [1.165, 1.54) is 88.1 Å². The molecule has 4 aliphatic carbocycles. The van der Waals surface area contributed by atoms with E-state index in [4.69, 9.17) is 4.42 Å². The molecule has 0 amide bonds. The largest absolute Gasteiger partial charge is 0.455 e. The van der Waals surface area contributed by atoms with Crippen molar-refractivity contribution in [1.29, 1.82) is 0 Å². The molecule has 8 aromatic rings. The van der Waals surface area contributed by atoms with Gasteiger partial charge in [-0.05, 0) is 126 Å². The first-order valence-electron chi connectivity index (χ1n) is 19.2. The van der Waals surface area contributed by atoms with Gasteiger partial charge in [0.2, 0.25) is 0 Å². The minimum atomic E-state index is 0.227. The SMILES string of the molecule is c1ccc(-c2oc3c4ccc(-c5ccc(N(c6ccccc6)C67CC8CC(CC(C8)C6)C7)cc5)cc4c4ccccc4c3c2-c2ccccc2)cc1. The lowest BCUT2D eigenvalue weighted by Crippen LogP contribution is -2.58. The van der Waals surface area contributed by atoms with Gasteiger partial charge in [-0.2, -0.15) is 0 Å². The predicted octanol–water partition coefficient (Wildman–Crippen LogP) is 13.8. The van der Waals surface area contributed by atoms with Gasteiger partial charge in [-0.3, -0.25) is 0 Å². The Kier molecular flexibility index (Phi) is 6.77. The average molecular weight is 672 g/mol. The monoisotopic (exact) mass is 671 g/mol. The second kappa shape index (κ2) is 11.7. The zero-order valence-corrected chi connectivity index (χ0v) is 29.3. The molecule has 0 spiro atoms. The molecule has 4 saturated carbocycles. The third kappa shape index (κ3) is 4.70. The van der Waals surface area contributed by atoms with Gasteiger partial charge in [0, 0.05) is 38.8 Å². The van der Waals surface area contributed by atoms with Crippen molar-refractivity contribution >= 4 is 43.9 Å². The molecule has 0 saturated heterocycles. The number of hydrogen-bond donors (Lipinski definition) is 0. The van der Waals surface area contributed by atoms with E-state index in [0.29, 0.717) is 0 Å². The Balaban J connectivity index is 1.05. The fourth-order valence-electron chi connectivity index (χ4n) is 11.0. The maximum Gasteiger partial charge on any atom is 0.143 e. The van der Waals surface area contributed by atoms with Crippen LogP contribution in [0, 0.1) is 17.8 Å². The van der Waals surface area contributed by atoms with Crippen molar-refractivity contribution < 1.29 is 4.42 Å². The van der Waals surface area contributed by atoms with Crippen molar-refractivity contribution in [1.82, 2.24) is 0 Å². The summed E-state index contributed by atoms with van der Waals surface area (Å²) in [5.74, 6) is 3.58. The first-order chi connectivity index (χ1) is 25.7. The molecule has 12 rings (SSSR count). The van der Waals surface area contributed by atoms with E-state index in [-0.39, 0.29) is 5.54 Å². The van der Waals surface area contributed by atoms with Crippen molar-refractivity contribution in [2.45, 2.75) is 44.1 Å². The maximum atomic E-state index is 6.99. The van der Waals surface area contributed by atoms with E-state index in [2.05, 4.69) is 163 Å². The Morgan fingerprint density at radius 2 is 0.981 bits per heavy atom. The summed E-state index contributed by atoms with van der Waals surface area (Å²) in [6.45, 7) is 0. The number of furan rings is 1. The van der Waals surface area contributed by atoms with Crippen LogP contribution in [0.25, 0.3) is 66.1 Å². The van der Waals surface area contributed by atoms with Crippen molar-refractivity contribution in [2.75, 3.05) is 4.90 Å². The highest BCUT2D eigenvalue weighted by Gasteiger charge is 2.54. The minimum absolute atomic E-state index is 0.227. The topological polar surface area (TPSA) is 16.4 Å². The molecule has 0 N–H and O–H groups in total. The lowest BCUT2D eigenvalue weighted by Gasteiger charge is -2.61. The summed E-state index contributed by atoms with van der Waals surface area (Å²) >= 11 is 0. The predicted molar refractivity (Wildman–Crippen MR) is 217 cm³/mol. The third-order valence-electron chi connectivity index (χ3n) is 12.7. The summed E-state index contributed by atoms with van der Waals surface area (Å²) in [5, 5.41) is 6.01. The molecule has 4 fully saturated rings. The van der Waals surface area contributed by atoms with Crippen molar-refractivity contribution in [2.24, 2.45) is 17.8 Å². The van der Waals surface area contributed by atoms with Gasteiger partial charge in [0.15, 0.2) is 0 Å². The Labute approximate surface area is 305 Å². The highest BCUT2D eigenvalue weighted by molar-refractivity contribution is 6.28. The quantitative estimate of drug-likeness (QED) is 0.164. The van der Waals surface area contributed by atoms with Crippen molar-refractivity contribution in [3.05, 3.63) is 158 Å². The van der Waals surface area contributed by atoms with Crippen LogP contribution in [0.2, 0.25) is 0 Å². The van der Waals surface area contributed by atoms with Gasteiger partial charge in [-0.25, -0.2) is 0 Å². The van der Waals surface area contributed by atoms with Crippen LogP contribution in [0.4, 0.5) is 11.4 Å². The van der Waals surface area contributed by atoms with Gasteiger partial charge in [0.05, 0.1) is 0 Å². The number of rotatable bonds is 6. The van der Waals surface area contributed by atoms with Crippen LogP contribution in [0.15, 0.2) is 162 Å². The van der Waals surface area contributed by atoms with Crippen LogP contribution in [0.1, 0.15) is 38.5 Å². The molecular formula is C50H41NO. The summed E-state index contributed by atoms with van der Waals surface area (Å²) in [5.41, 5.74) is 9.70. The molecule has 0 radical (unpaired) electrons. The van der Waals surface area contributed by atoms with Crippen LogP contribution < -0.4 is 4.90 Å². The standard InChI is InChI=1S/C50H41NO/c1-4-12-37(13-5-1)46-47-43-19-11-10-18-42(43)45-29-39(22-25-44(45)49(47)52-48(46)38-14-6-2-7-15-38)36-20-23-41(24-21-36)51(40-16-8-3-9-17-40)50-30-33-26-34(31-50)28-35(27-33)32-50/h1-25,29,33-35H,26-28,30-32H2. The molecule has 7 aromatic carbocycles. The molecule has 2 heteroatoms. The molecule has 1 heterocycles. The van der Waals surface area contributed by atoms with Crippen molar-refractivity contribution in [3.63, 3.8) is 0 Å². The van der Waals surface area contributed by atoms with Gasteiger partial charge in [-0.15, -0.1) is 0 Å². The van der Waals surface area contributed by atoms with Crippen LogP contribution >= 0.6 is 0 Å². The van der Waals surface area contributed by atoms with E-state index in [1.54, 1.807) is 0 Å². The molecule has 252 valence electrons. The Morgan fingerprint density at radius 3 is 1.63 bits per heavy atom. The molecule has 4 aliphatic rings. The molecular weight excluding hydrogens is 631 g/mol. The number of nitrogens with zero attached hydrogens (tertiary/aromatic N) is 1. The molecule has 0 unspecified atom stereocenters. The number of anilines is 2. The molecule has 0 aliphatic heterocycles. The molecule has 52 heavy (non-hydrogen) atoms. The van der Waals surface area contributed by atoms with Gasteiger partial charge < -0.3 is 9.32 Å². The molecule has 4 bridgehead atoms. The first-order valence-corrected chi connectivity index (χ1v) is 19.2. The van der Waals surface area contributed by atoms with Crippen LogP contribution in [0.3, 0.4) is 0 Å². The van der Waals surface area contributed by atoms with Crippen molar-refractivity contribution in [3.8, 4) is 33.6 Å². The number of fused-ring (bicyclic) bond motifs is 6. The Morgan fingerprint density at radius 1 is 0.442 bits per heavy atom. The summed E-state index contributed by atoms with van der Waals surface area (Å²) in [6.07, 6.45) is 8.32. The van der Waals surface area contributed by atoms with Gasteiger partial charge in [0.1, 0.15) is 11.3 Å². The first kappa shape index (κ1) is 30.1. The summed E-state index contributed by atoms with van der Waals surface area (Å²) in [7, 11) is 0. The second-order valence-electron chi connectivity index (χ2n) is 15.9. The fourth-order valence-corrected chi connectivity index (χ4v) is 11.0.